The van der Waals surface area contributed by atoms with Crippen LogP contribution in [0.1, 0.15) is 56.6 Å². The third-order valence-electron chi connectivity index (χ3n) is 5.21. The number of piperidine rings is 1. The minimum atomic E-state index is 0.426. The molecule has 1 atom stereocenters. The Morgan fingerprint density at radius 3 is 2.69 bits per heavy atom. The maximum atomic E-state index is 4.73. The Kier molecular flexibility index (Phi) is 6.20. The Labute approximate surface area is 157 Å². The molecule has 5 nitrogen and oxygen atoms in total. The lowest BCUT2D eigenvalue weighted by molar-refractivity contribution is 0.176. The summed E-state index contributed by atoms with van der Waals surface area (Å²) in [6.07, 6.45) is 6.22. The van der Waals surface area contributed by atoms with Crippen LogP contribution in [0.5, 0.6) is 0 Å². The molecule has 2 aromatic rings. The van der Waals surface area contributed by atoms with E-state index in [0.29, 0.717) is 12.0 Å². The molecule has 0 aliphatic carbocycles. The van der Waals surface area contributed by atoms with Crippen molar-refractivity contribution in [3.63, 3.8) is 0 Å². The van der Waals surface area contributed by atoms with Gasteiger partial charge in [0.2, 0.25) is 0 Å². The zero-order valence-corrected chi connectivity index (χ0v) is 16.5. The summed E-state index contributed by atoms with van der Waals surface area (Å²) in [5.41, 5.74) is 2.47. The Balaban J connectivity index is 1.74. The lowest BCUT2D eigenvalue weighted by Gasteiger charge is -2.39. The number of aromatic nitrogens is 3. The summed E-state index contributed by atoms with van der Waals surface area (Å²) < 4.78 is 0. The molecule has 3 rings (SSSR count). The highest BCUT2D eigenvalue weighted by Gasteiger charge is 2.26. The van der Waals surface area contributed by atoms with Gasteiger partial charge in [0.1, 0.15) is 11.6 Å². The van der Waals surface area contributed by atoms with E-state index in [2.05, 4.69) is 58.7 Å². The molecule has 0 aromatic carbocycles. The van der Waals surface area contributed by atoms with E-state index in [1.54, 1.807) is 0 Å². The van der Waals surface area contributed by atoms with Crippen molar-refractivity contribution in [2.24, 2.45) is 0 Å². The number of aryl methyl sites for hydroxylation is 1. The third kappa shape index (κ3) is 4.58. The molecule has 1 fully saturated rings. The first-order valence-corrected chi connectivity index (χ1v) is 9.80. The summed E-state index contributed by atoms with van der Waals surface area (Å²) in [7, 11) is 0. The van der Waals surface area contributed by atoms with E-state index in [1.807, 2.05) is 19.3 Å². The second kappa shape index (κ2) is 8.58. The van der Waals surface area contributed by atoms with Gasteiger partial charge in [0.15, 0.2) is 0 Å². The Bertz CT molecular complexity index is 701. The Morgan fingerprint density at radius 2 is 2.00 bits per heavy atom. The van der Waals surface area contributed by atoms with Crippen LogP contribution in [-0.2, 0) is 6.54 Å². The fraction of sp³-hybridized carbons (Fsp3) is 0.571. The van der Waals surface area contributed by atoms with Gasteiger partial charge in [0, 0.05) is 49.8 Å². The van der Waals surface area contributed by atoms with E-state index >= 15 is 0 Å². The Hall–Kier alpha value is -2.01. The highest BCUT2D eigenvalue weighted by molar-refractivity contribution is 5.41. The van der Waals surface area contributed by atoms with Crippen molar-refractivity contribution in [3.05, 3.63) is 47.7 Å². The lowest BCUT2D eigenvalue weighted by atomic mass is 10.0. The number of hydrogen-bond acceptors (Lipinski definition) is 5. The molecule has 1 aliphatic heterocycles. The smallest absolute Gasteiger partial charge is 0.132 e. The van der Waals surface area contributed by atoms with Gasteiger partial charge in [-0.05, 0) is 49.9 Å². The van der Waals surface area contributed by atoms with Crippen LogP contribution >= 0.6 is 0 Å². The van der Waals surface area contributed by atoms with Crippen LogP contribution in [0.4, 0.5) is 5.82 Å². The topological polar surface area (TPSA) is 45.2 Å². The van der Waals surface area contributed by atoms with Gasteiger partial charge in [-0.15, -0.1) is 0 Å². The van der Waals surface area contributed by atoms with Crippen molar-refractivity contribution in [2.45, 2.75) is 59.0 Å². The number of rotatable bonds is 6. The number of likely N-dealkylation sites (N-methyl/N-ethyl adjacent to an activating group) is 1. The summed E-state index contributed by atoms with van der Waals surface area (Å²) in [6, 6.07) is 6.97. The molecule has 2 aromatic heterocycles. The molecule has 0 amide bonds. The van der Waals surface area contributed by atoms with Crippen LogP contribution in [-0.4, -0.2) is 45.5 Å². The molecule has 0 spiro atoms. The van der Waals surface area contributed by atoms with E-state index < -0.39 is 0 Å². The average molecular weight is 354 g/mol. The van der Waals surface area contributed by atoms with Gasteiger partial charge >= 0.3 is 0 Å². The van der Waals surface area contributed by atoms with E-state index in [0.717, 1.165) is 43.5 Å². The van der Waals surface area contributed by atoms with E-state index in [4.69, 9.17) is 4.98 Å². The van der Waals surface area contributed by atoms with Gasteiger partial charge in [-0.2, -0.15) is 0 Å². The van der Waals surface area contributed by atoms with Crippen molar-refractivity contribution in [3.8, 4) is 0 Å². The molecular formula is C21H31N5. The van der Waals surface area contributed by atoms with E-state index in [1.165, 1.54) is 18.4 Å². The SMILES string of the molecule is CCN(Cc1ccncc1)[C@@H]1CCCN(c2cc(C(C)C)nc(C)n2)C1. The quantitative estimate of drug-likeness (QED) is 0.790. The van der Waals surface area contributed by atoms with Gasteiger partial charge < -0.3 is 4.90 Å². The first-order valence-electron chi connectivity index (χ1n) is 9.80. The van der Waals surface area contributed by atoms with Crippen molar-refractivity contribution in [1.82, 2.24) is 19.9 Å². The average Bonchev–Trinajstić information content (AvgIpc) is 2.66. The number of nitrogens with zero attached hydrogens (tertiary/aromatic N) is 5. The van der Waals surface area contributed by atoms with Gasteiger partial charge in [0.05, 0.1) is 0 Å². The molecule has 0 unspecified atom stereocenters. The monoisotopic (exact) mass is 353 g/mol. The van der Waals surface area contributed by atoms with Crippen LogP contribution in [0.3, 0.4) is 0 Å². The van der Waals surface area contributed by atoms with Crippen LogP contribution < -0.4 is 4.90 Å². The second-order valence-electron chi connectivity index (χ2n) is 7.51. The molecule has 1 saturated heterocycles. The molecule has 3 heterocycles. The summed E-state index contributed by atoms with van der Waals surface area (Å²) in [5.74, 6) is 2.39. The number of pyridine rings is 1. The molecule has 0 N–H and O–H groups in total. The molecule has 5 heteroatoms. The zero-order chi connectivity index (χ0) is 18.5. The van der Waals surface area contributed by atoms with E-state index in [9.17, 15) is 0 Å². The first kappa shape index (κ1) is 18.8. The number of hydrogen-bond donors (Lipinski definition) is 0. The predicted molar refractivity (Wildman–Crippen MR) is 106 cm³/mol. The normalized spacial score (nSPS) is 17.9. The fourth-order valence-electron chi connectivity index (χ4n) is 3.71. The van der Waals surface area contributed by atoms with Crippen LogP contribution in [0.15, 0.2) is 30.6 Å². The van der Waals surface area contributed by atoms with Crippen molar-refractivity contribution < 1.29 is 0 Å². The Morgan fingerprint density at radius 1 is 1.23 bits per heavy atom. The van der Waals surface area contributed by atoms with Crippen LogP contribution in [0.2, 0.25) is 0 Å². The molecule has 0 radical (unpaired) electrons. The summed E-state index contributed by atoms with van der Waals surface area (Å²) in [5, 5.41) is 0. The molecule has 0 saturated carbocycles. The first-order chi connectivity index (χ1) is 12.6. The second-order valence-corrected chi connectivity index (χ2v) is 7.51. The standard InChI is InChI=1S/C21H31N5/c1-5-25(14-18-8-10-22-11-9-18)19-7-6-12-26(15-19)21-13-20(16(2)3)23-17(4)24-21/h8-11,13,16,19H,5-7,12,14-15H2,1-4H3/t19-/m1/s1. The van der Waals surface area contributed by atoms with Gasteiger partial charge in [-0.1, -0.05) is 20.8 Å². The zero-order valence-electron chi connectivity index (χ0n) is 16.5. The molecule has 26 heavy (non-hydrogen) atoms. The predicted octanol–water partition coefficient (Wildman–Crippen LogP) is 3.79. The highest BCUT2D eigenvalue weighted by Crippen LogP contribution is 2.24. The minimum absolute atomic E-state index is 0.426. The summed E-state index contributed by atoms with van der Waals surface area (Å²) in [4.78, 5) is 18.5. The maximum Gasteiger partial charge on any atom is 0.132 e. The highest BCUT2D eigenvalue weighted by atomic mass is 15.3. The van der Waals surface area contributed by atoms with Crippen molar-refractivity contribution >= 4 is 5.82 Å². The summed E-state index contributed by atoms with van der Waals surface area (Å²) >= 11 is 0. The van der Waals surface area contributed by atoms with Crippen molar-refractivity contribution in [2.75, 3.05) is 24.5 Å². The van der Waals surface area contributed by atoms with Gasteiger partial charge in [-0.25, -0.2) is 9.97 Å². The fourth-order valence-corrected chi connectivity index (χ4v) is 3.71. The maximum absolute atomic E-state index is 4.73. The van der Waals surface area contributed by atoms with Crippen molar-refractivity contribution in [1.29, 1.82) is 0 Å². The van der Waals surface area contributed by atoms with Gasteiger partial charge in [-0.3, -0.25) is 9.88 Å². The molecule has 1 aliphatic rings. The van der Waals surface area contributed by atoms with Gasteiger partial charge in [0.25, 0.3) is 0 Å². The molecule has 140 valence electrons. The molecule has 0 bridgehead atoms. The van der Waals surface area contributed by atoms with E-state index in [-0.39, 0.29) is 0 Å². The minimum Gasteiger partial charge on any atom is -0.355 e. The van der Waals surface area contributed by atoms with Crippen LogP contribution in [0.25, 0.3) is 0 Å². The molecular weight excluding hydrogens is 322 g/mol. The largest absolute Gasteiger partial charge is 0.355 e. The third-order valence-corrected chi connectivity index (χ3v) is 5.21. The summed E-state index contributed by atoms with van der Waals surface area (Å²) in [6.45, 7) is 12.8. The van der Waals surface area contributed by atoms with Crippen LogP contribution in [0, 0.1) is 6.92 Å². The number of anilines is 1. The lowest BCUT2D eigenvalue weighted by Crippen LogP contribution is -2.48.